The summed E-state index contributed by atoms with van der Waals surface area (Å²) < 4.78 is 18.5. The molecule has 1 aliphatic rings. The van der Waals surface area contributed by atoms with E-state index < -0.39 is 5.95 Å². The van der Waals surface area contributed by atoms with Gasteiger partial charge in [0.15, 0.2) is 0 Å². The highest BCUT2D eigenvalue weighted by molar-refractivity contribution is 5.27. The van der Waals surface area contributed by atoms with Gasteiger partial charge in [-0.15, -0.1) is 0 Å². The Bertz CT molecular complexity index is 586. The Morgan fingerprint density at radius 3 is 2.84 bits per heavy atom. The molecular formula is C15H15FN2O. The summed E-state index contributed by atoms with van der Waals surface area (Å²) in [5, 5.41) is 0. The van der Waals surface area contributed by atoms with Crippen molar-refractivity contribution in [1.29, 1.82) is 0 Å². The Kier molecular flexibility index (Phi) is 3.40. The van der Waals surface area contributed by atoms with Gasteiger partial charge in [0.2, 0.25) is 11.8 Å². The summed E-state index contributed by atoms with van der Waals surface area (Å²) in [4.78, 5) is 8.26. The lowest BCUT2D eigenvalue weighted by Gasteiger charge is -2.15. The molecule has 2 heterocycles. The number of halogens is 1. The van der Waals surface area contributed by atoms with Gasteiger partial charge in [-0.3, -0.25) is 0 Å². The van der Waals surface area contributed by atoms with E-state index in [2.05, 4.69) is 16.0 Å². The Labute approximate surface area is 111 Å². The van der Waals surface area contributed by atoms with Crippen molar-refractivity contribution in [2.45, 2.75) is 32.3 Å². The van der Waals surface area contributed by atoms with E-state index in [9.17, 15) is 4.39 Å². The lowest BCUT2D eigenvalue weighted by atomic mass is 9.96. The van der Waals surface area contributed by atoms with E-state index in [4.69, 9.17) is 4.74 Å². The van der Waals surface area contributed by atoms with Gasteiger partial charge in [0.1, 0.15) is 6.61 Å². The van der Waals surface area contributed by atoms with Crippen LogP contribution in [0, 0.1) is 5.95 Å². The standard InChI is InChI=1S/C15H15FN2O/c16-14-7-3-5-12(17-14)10-19-15-9-8-11-4-1-2-6-13(11)18-15/h3,5,7-9H,1-2,4,6,10H2. The third kappa shape index (κ3) is 2.89. The molecule has 0 saturated heterocycles. The first-order valence-electron chi connectivity index (χ1n) is 6.54. The molecule has 0 radical (unpaired) electrons. The molecule has 19 heavy (non-hydrogen) atoms. The second-order valence-corrected chi connectivity index (χ2v) is 4.70. The maximum atomic E-state index is 12.9. The van der Waals surface area contributed by atoms with Crippen LogP contribution in [0.3, 0.4) is 0 Å². The van der Waals surface area contributed by atoms with E-state index in [-0.39, 0.29) is 6.61 Å². The number of aryl methyl sites for hydroxylation is 2. The predicted molar refractivity (Wildman–Crippen MR) is 69.4 cm³/mol. The average Bonchev–Trinajstić information content (AvgIpc) is 2.45. The summed E-state index contributed by atoms with van der Waals surface area (Å²) in [7, 11) is 0. The molecule has 0 bridgehead atoms. The van der Waals surface area contributed by atoms with Gasteiger partial charge in [-0.25, -0.2) is 9.97 Å². The smallest absolute Gasteiger partial charge is 0.213 e. The van der Waals surface area contributed by atoms with Crippen molar-refractivity contribution in [2.75, 3.05) is 0 Å². The molecule has 0 aliphatic heterocycles. The van der Waals surface area contributed by atoms with E-state index in [0.717, 1.165) is 18.5 Å². The number of rotatable bonds is 3. The molecule has 0 aromatic carbocycles. The fourth-order valence-electron chi connectivity index (χ4n) is 2.32. The quantitative estimate of drug-likeness (QED) is 0.794. The summed E-state index contributed by atoms with van der Waals surface area (Å²) in [6.07, 6.45) is 4.55. The summed E-state index contributed by atoms with van der Waals surface area (Å²) in [5.74, 6) is 0.103. The Morgan fingerprint density at radius 1 is 1.05 bits per heavy atom. The maximum absolute atomic E-state index is 12.9. The van der Waals surface area contributed by atoms with Gasteiger partial charge in [0.25, 0.3) is 0 Å². The first-order valence-corrected chi connectivity index (χ1v) is 6.54. The minimum absolute atomic E-state index is 0.240. The maximum Gasteiger partial charge on any atom is 0.213 e. The molecule has 0 amide bonds. The van der Waals surface area contributed by atoms with Crippen molar-refractivity contribution in [3.05, 3.63) is 53.2 Å². The molecular weight excluding hydrogens is 243 g/mol. The topological polar surface area (TPSA) is 35.0 Å². The van der Waals surface area contributed by atoms with Gasteiger partial charge >= 0.3 is 0 Å². The fraction of sp³-hybridized carbons (Fsp3) is 0.333. The molecule has 3 nitrogen and oxygen atoms in total. The first kappa shape index (κ1) is 12.1. The summed E-state index contributed by atoms with van der Waals surface area (Å²) in [5.41, 5.74) is 3.03. The van der Waals surface area contributed by atoms with Crippen LogP contribution < -0.4 is 4.74 Å². The number of nitrogens with zero attached hydrogens (tertiary/aromatic N) is 2. The van der Waals surface area contributed by atoms with Crippen molar-refractivity contribution >= 4 is 0 Å². The molecule has 0 N–H and O–H groups in total. The van der Waals surface area contributed by atoms with Crippen LogP contribution >= 0.6 is 0 Å². The third-order valence-electron chi connectivity index (χ3n) is 3.29. The highest BCUT2D eigenvalue weighted by Gasteiger charge is 2.11. The molecule has 0 atom stereocenters. The second-order valence-electron chi connectivity index (χ2n) is 4.70. The molecule has 0 saturated carbocycles. The predicted octanol–water partition coefficient (Wildman–Crippen LogP) is 3.07. The first-order chi connectivity index (χ1) is 9.31. The Morgan fingerprint density at radius 2 is 1.95 bits per heavy atom. The zero-order valence-corrected chi connectivity index (χ0v) is 10.6. The molecule has 1 aliphatic carbocycles. The Hall–Kier alpha value is -1.97. The SMILES string of the molecule is Fc1cccc(COc2ccc3c(n2)CCCC3)n1. The van der Waals surface area contributed by atoms with Gasteiger partial charge in [-0.05, 0) is 43.4 Å². The van der Waals surface area contributed by atoms with Crippen molar-refractivity contribution in [3.63, 3.8) is 0 Å². The highest BCUT2D eigenvalue weighted by Crippen LogP contribution is 2.22. The molecule has 4 heteroatoms. The van der Waals surface area contributed by atoms with Crippen LogP contribution in [0.2, 0.25) is 0 Å². The van der Waals surface area contributed by atoms with Gasteiger partial charge in [0, 0.05) is 11.8 Å². The van der Waals surface area contributed by atoms with E-state index >= 15 is 0 Å². The van der Waals surface area contributed by atoms with Gasteiger partial charge in [0.05, 0.1) is 5.69 Å². The van der Waals surface area contributed by atoms with Crippen LogP contribution in [-0.4, -0.2) is 9.97 Å². The third-order valence-corrected chi connectivity index (χ3v) is 3.29. The fourth-order valence-corrected chi connectivity index (χ4v) is 2.32. The minimum Gasteiger partial charge on any atom is -0.471 e. The van der Waals surface area contributed by atoms with Crippen molar-refractivity contribution < 1.29 is 9.13 Å². The minimum atomic E-state index is -0.487. The largest absolute Gasteiger partial charge is 0.471 e. The van der Waals surface area contributed by atoms with Crippen molar-refractivity contribution in [1.82, 2.24) is 9.97 Å². The zero-order valence-electron chi connectivity index (χ0n) is 10.6. The van der Waals surface area contributed by atoms with Gasteiger partial charge in [-0.1, -0.05) is 12.1 Å². The summed E-state index contributed by atoms with van der Waals surface area (Å²) in [6.45, 7) is 0.240. The monoisotopic (exact) mass is 258 g/mol. The van der Waals surface area contributed by atoms with Gasteiger partial charge in [-0.2, -0.15) is 4.39 Å². The van der Waals surface area contributed by atoms with Gasteiger partial charge < -0.3 is 4.74 Å². The zero-order chi connectivity index (χ0) is 13.1. The van der Waals surface area contributed by atoms with Crippen molar-refractivity contribution in [3.8, 4) is 5.88 Å². The number of pyridine rings is 2. The van der Waals surface area contributed by atoms with Crippen LogP contribution in [-0.2, 0) is 19.4 Å². The number of ether oxygens (including phenoxy) is 1. The van der Waals surface area contributed by atoms with E-state index in [0.29, 0.717) is 11.6 Å². The molecule has 0 fully saturated rings. The highest BCUT2D eigenvalue weighted by atomic mass is 19.1. The van der Waals surface area contributed by atoms with Crippen LogP contribution in [0.5, 0.6) is 5.88 Å². The molecule has 3 rings (SSSR count). The molecule has 0 spiro atoms. The average molecular weight is 258 g/mol. The number of fused-ring (bicyclic) bond motifs is 1. The number of hydrogen-bond acceptors (Lipinski definition) is 3. The Balaban J connectivity index is 1.70. The molecule has 0 unspecified atom stereocenters. The molecule has 2 aromatic rings. The lowest BCUT2D eigenvalue weighted by molar-refractivity contribution is 0.286. The van der Waals surface area contributed by atoms with Crippen molar-refractivity contribution in [2.24, 2.45) is 0 Å². The summed E-state index contributed by atoms with van der Waals surface area (Å²) in [6, 6.07) is 8.64. The molecule has 98 valence electrons. The van der Waals surface area contributed by atoms with E-state index in [1.165, 1.54) is 24.5 Å². The van der Waals surface area contributed by atoms with E-state index in [1.54, 1.807) is 12.1 Å². The van der Waals surface area contributed by atoms with Crippen LogP contribution in [0.4, 0.5) is 4.39 Å². The number of aromatic nitrogens is 2. The summed E-state index contributed by atoms with van der Waals surface area (Å²) >= 11 is 0. The lowest BCUT2D eigenvalue weighted by Crippen LogP contribution is -2.07. The normalized spacial score (nSPS) is 13.9. The number of hydrogen-bond donors (Lipinski definition) is 0. The second kappa shape index (κ2) is 5.34. The molecule has 2 aromatic heterocycles. The van der Waals surface area contributed by atoms with E-state index in [1.807, 2.05) is 6.07 Å². The van der Waals surface area contributed by atoms with Crippen LogP contribution in [0.1, 0.15) is 29.8 Å². The van der Waals surface area contributed by atoms with Crippen LogP contribution in [0.15, 0.2) is 30.3 Å². The van der Waals surface area contributed by atoms with Crippen LogP contribution in [0.25, 0.3) is 0 Å².